The van der Waals surface area contributed by atoms with Gasteiger partial charge >= 0.3 is 0 Å². The van der Waals surface area contributed by atoms with Gasteiger partial charge in [0, 0.05) is 11.3 Å². The summed E-state index contributed by atoms with van der Waals surface area (Å²) in [4.78, 5) is 11.4. The predicted molar refractivity (Wildman–Crippen MR) is 62.9 cm³/mol. The van der Waals surface area contributed by atoms with E-state index in [1.54, 1.807) is 0 Å². The predicted octanol–water partition coefficient (Wildman–Crippen LogP) is 0.378. The Bertz CT molecular complexity index is 197. The quantitative estimate of drug-likeness (QED) is 0.596. The van der Waals surface area contributed by atoms with E-state index in [1.165, 1.54) is 11.8 Å². The lowest BCUT2D eigenvalue weighted by molar-refractivity contribution is -0.120. The van der Waals surface area contributed by atoms with Gasteiger partial charge in [-0.15, -0.1) is 11.8 Å². The number of thioether (sulfide) groups is 1. The van der Waals surface area contributed by atoms with E-state index in [1.807, 2.05) is 20.8 Å². The van der Waals surface area contributed by atoms with Crippen LogP contribution in [-0.4, -0.2) is 45.9 Å². The summed E-state index contributed by atoms with van der Waals surface area (Å²) >= 11 is 1.32. The molecule has 4 nitrogen and oxygen atoms in total. The maximum atomic E-state index is 11.4. The number of carbonyl (C=O) groups excluding carboxylic acids is 1. The van der Waals surface area contributed by atoms with Crippen LogP contribution in [0.25, 0.3) is 0 Å². The van der Waals surface area contributed by atoms with Crippen LogP contribution in [0.5, 0.6) is 0 Å². The number of aliphatic hydroxyl groups is 2. The molecule has 0 bridgehead atoms. The van der Waals surface area contributed by atoms with Crippen molar-refractivity contribution in [1.29, 1.82) is 0 Å². The average molecular weight is 235 g/mol. The van der Waals surface area contributed by atoms with Gasteiger partial charge in [-0.25, -0.2) is 0 Å². The fourth-order valence-corrected chi connectivity index (χ4v) is 1.60. The van der Waals surface area contributed by atoms with E-state index in [2.05, 4.69) is 5.32 Å². The fourth-order valence-electron chi connectivity index (χ4n) is 0.842. The SMILES string of the molecule is CCC(C)(C)NC(=O)CSCC(O)CO. The van der Waals surface area contributed by atoms with E-state index in [9.17, 15) is 4.79 Å². The summed E-state index contributed by atoms with van der Waals surface area (Å²) < 4.78 is 0. The van der Waals surface area contributed by atoms with Gasteiger partial charge in [0.05, 0.1) is 18.5 Å². The largest absolute Gasteiger partial charge is 0.394 e. The first-order valence-corrected chi connectivity index (χ1v) is 6.24. The maximum absolute atomic E-state index is 11.4. The molecule has 0 aromatic carbocycles. The Balaban J connectivity index is 3.67. The van der Waals surface area contributed by atoms with E-state index >= 15 is 0 Å². The first-order valence-electron chi connectivity index (χ1n) is 5.09. The second kappa shape index (κ2) is 7.09. The van der Waals surface area contributed by atoms with E-state index in [-0.39, 0.29) is 18.1 Å². The summed E-state index contributed by atoms with van der Waals surface area (Å²) in [5, 5.41) is 20.5. The molecule has 0 rings (SSSR count). The van der Waals surface area contributed by atoms with Crippen molar-refractivity contribution in [3.05, 3.63) is 0 Å². The lowest BCUT2D eigenvalue weighted by Gasteiger charge is -2.24. The summed E-state index contributed by atoms with van der Waals surface area (Å²) in [5.41, 5.74) is -0.173. The molecule has 0 aliphatic rings. The smallest absolute Gasteiger partial charge is 0.230 e. The Labute approximate surface area is 95.4 Å². The Morgan fingerprint density at radius 2 is 2.13 bits per heavy atom. The Morgan fingerprint density at radius 3 is 2.60 bits per heavy atom. The molecule has 90 valence electrons. The van der Waals surface area contributed by atoms with Crippen LogP contribution in [-0.2, 0) is 4.79 Å². The molecule has 0 aliphatic heterocycles. The fraction of sp³-hybridized carbons (Fsp3) is 0.900. The molecule has 15 heavy (non-hydrogen) atoms. The zero-order valence-electron chi connectivity index (χ0n) is 9.62. The normalized spacial score (nSPS) is 13.7. The summed E-state index contributed by atoms with van der Waals surface area (Å²) in [7, 11) is 0. The highest BCUT2D eigenvalue weighted by atomic mass is 32.2. The highest BCUT2D eigenvalue weighted by Crippen LogP contribution is 2.08. The first-order chi connectivity index (χ1) is 6.91. The third kappa shape index (κ3) is 7.64. The molecule has 1 atom stereocenters. The molecule has 3 N–H and O–H groups in total. The molecule has 0 aromatic rings. The molecule has 0 spiro atoms. The number of rotatable bonds is 7. The van der Waals surface area contributed by atoms with Crippen LogP contribution >= 0.6 is 11.8 Å². The van der Waals surface area contributed by atoms with Crippen molar-refractivity contribution in [3.63, 3.8) is 0 Å². The molecule has 1 unspecified atom stereocenters. The maximum Gasteiger partial charge on any atom is 0.230 e. The number of hydrogen-bond acceptors (Lipinski definition) is 4. The third-order valence-electron chi connectivity index (χ3n) is 2.12. The number of nitrogens with one attached hydrogen (secondary N) is 1. The number of carbonyl (C=O) groups is 1. The van der Waals surface area contributed by atoms with Gasteiger partial charge in [-0.3, -0.25) is 4.79 Å². The lowest BCUT2D eigenvalue weighted by Crippen LogP contribution is -2.43. The molecular weight excluding hydrogens is 214 g/mol. The van der Waals surface area contributed by atoms with Crippen molar-refractivity contribution in [2.24, 2.45) is 0 Å². The van der Waals surface area contributed by atoms with Gasteiger partial charge in [0.25, 0.3) is 0 Å². The van der Waals surface area contributed by atoms with Crippen molar-refractivity contribution < 1.29 is 15.0 Å². The first kappa shape index (κ1) is 14.7. The minimum atomic E-state index is -0.734. The van der Waals surface area contributed by atoms with Gasteiger partial charge in [0.15, 0.2) is 0 Å². The van der Waals surface area contributed by atoms with Gasteiger partial charge in [-0.1, -0.05) is 6.92 Å². The van der Waals surface area contributed by atoms with E-state index in [4.69, 9.17) is 10.2 Å². The molecule has 0 aromatic heterocycles. The summed E-state index contributed by atoms with van der Waals surface area (Å²) in [5.74, 6) is 0.675. The molecule has 0 saturated heterocycles. The minimum absolute atomic E-state index is 0.0306. The summed E-state index contributed by atoms with van der Waals surface area (Å²) in [6, 6.07) is 0. The second-order valence-corrected chi connectivity index (χ2v) is 5.17. The van der Waals surface area contributed by atoms with E-state index < -0.39 is 6.10 Å². The van der Waals surface area contributed by atoms with Gasteiger partial charge < -0.3 is 15.5 Å². The van der Waals surface area contributed by atoms with Gasteiger partial charge in [0.2, 0.25) is 5.91 Å². The number of hydrogen-bond donors (Lipinski definition) is 3. The second-order valence-electron chi connectivity index (χ2n) is 4.14. The molecule has 5 heteroatoms. The highest BCUT2D eigenvalue weighted by Gasteiger charge is 2.17. The number of amides is 1. The minimum Gasteiger partial charge on any atom is -0.394 e. The molecule has 0 aliphatic carbocycles. The van der Waals surface area contributed by atoms with Gasteiger partial charge in [-0.05, 0) is 20.3 Å². The molecule has 0 radical (unpaired) electrons. The zero-order chi connectivity index (χ0) is 11.9. The molecular formula is C10H21NO3S. The number of aliphatic hydroxyl groups excluding tert-OH is 2. The highest BCUT2D eigenvalue weighted by molar-refractivity contribution is 7.99. The van der Waals surface area contributed by atoms with Crippen LogP contribution in [0.3, 0.4) is 0 Å². The van der Waals surface area contributed by atoms with Crippen LogP contribution in [0.4, 0.5) is 0 Å². The van der Waals surface area contributed by atoms with Crippen LogP contribution in [0.15, 0.2) is 0 Å². The Kier molecular flexibility index (Phi) is 6.96. The Hall–Kier alpha value is -0.260. The van der Waals surface area contributed by atoms with Crippen molar-refractivity contribution in [3.8, 4) is 0 Å². The van der Waals surface area contributed by atoms with Crippen LogP contribution in [0.1, 0.15) is 27.2 Å². The lowest BCUT2D eigenvalue weighted by atomic mass is 10.0. The van der Waals surface area contributed by atoms with Crippen molar-refractivity contribution >= 4 is 17.7 Å². The summed E-state index contributed by atoms with van der Waals surface area (Å²) in [6.45, 7) is 5.70. The molecule has 0 fully saturated rings. The van der Waals surface area contributed by atoms with Crippen LogP contribution < -0.4 is 5.32 Å². The van der Waals surface area contributed by atoms with E-state index in [0.717, 1.165) is 6.42 Å². The molecule has 0 saturated carbocycles. The zero-order valence-corrected chi connectivity index (χ0v) is 10.4. The molecule has 0 heterocycles. The Morgan fingerprint density at radius 1 is 1.53 bits per heavy atom. The third-order valence-corrected chi connectivity index (χ3v) is 3.20. The van der Waals surface area contributed by atoms with Gasteiger partial charge in [0.1, 0.15) is 0 Å². The van der Waals surface area contributed by atoms with Crippen molar-refractivity contribution in [2.75, 3.05) is 18.1 Å². The van der Waals surface area contributed by atoms with E-state index in [0.29, 0.717) is 11.5 Å². The molecule has 1 amide bonds. The standard InChI is InChI=1S/C10H21NO3S/c1-4-10(2,3)11-9(14)7-15-6-8(13)5-12/h8,12-13H,4-7H2,1-3H3,(H,11,14). The van der Waals surface area contributed by atoms with Gasteiger partial charge in [-0.2, -0.15) is 0 Å². The van der Waals surface area contributed by atoms with Crippen LogP contribution in [0, 0.1) is 0 Å². The topological polar surface area (TPSA) is 69.6 Å². The van der Waals surface area contributed by atoms with Crippen LogP contribution in [0.2, 0.25) is 0 Å². The van der Waals surface area contributed by atoms with Crippen molar-refractivity contribution in [1.82, 2.24) is 5.32 Å². The van der Waals surface area contributed by atoms with Crippen molar-refractivity contribution in [2.45, 2.75) is 38.8 Å². The summed E-state index contributed by atoms with van der Waals surface area (Å²) in [6.07, 6.45) is 0.143. The monoisotopic (exact) mass is 235 g/mol. The average Bonchev–Trinajstić information content (AvgIpc) is 2.16.